The Morgan fingerprint density at radius 3 is 2.91 bits per heavy atom. The van der Waals surface area contributed by atoms with E-state index in [2.05, 4.69) is 31.3 Å². The standard InChI is InChI=1S/C23H21N7O2/c1-29-22(17-8-9-25-21(12-17)31-2)26-27-23(29)30-10-4-7-19(30)18-13-20(32-28-18)16-6-3-5-15(11-16)14-24/h3,5-6,8-9,11-13,19H,4,7,10H2,1-2H3/t19-/m1/s1. The number of rotatable bonds is 5. The maximum Gasteiger partial charge on any atom is 0.227 e. The molecule has 5 rings (SSSR count). The van der Waals surface area contributed by atoms with Crippen LogP contribution in [-0.4, -0.2) is 38.6 Å². The van der Waals surface area contributed by atoms with E-state index < -0.39 is 0 Å². The summed E-state index contributed by atoms with van der Waals surface area (Å²) >= 11 is 0. The highest BCUT2D eigenvalue weighted by Gasteiger charge is 2.32. The number of hydrogen-bond acceptors (Lipinski definition) is 8. The number of anilines is 1. The lowest BCUT2D eigenvalue weighted by molar-refractivity contribution is 0.398. The highest BCUT2D eigenvalue weighted by Crippen LogP contribution is 2.37. The lowest BCUT2D eigenvalue weighted by Crippen LogP contribution is -2.25. The molecule has 1 aromatic carbocycles. The largest absolute Gasteiger partial charge is 0.481 e. The molecule has 0 saturated carbocycles. The van der Waals surface area contributed by atoms with Crippen LogP contribution in [0.2, 0.25) is 0 Å². The van der Waals surface area contributed by atoms with Gasteiger partial charge in [-0.15, -0.1) is 10.2 Å². The Morgan fingerprint density at radius 1 is 1.16 bits per heavy atom. The molecule has 3 aromatic heterocycles. The van der Waals surface area contributed by atoms with Crippen LogP contribution in [0.5, 0.6) is 5.88 Å². The first-order valence-corrected chi connectivity index (χ1v) is 10.3. The Balaban J connectivity index is 1.44. The van der Waals surface area contributed by atoms with E-state index in [0.717, 1.165) is 48.0 Å². The fourth-order valence-corrected chi connectivity index (χ4v) is 4.12. The highest BCUT2D eigenvalue weighted by molar-refractivity contribution is 5.61. The molecule has 0 spiro atoms. The fraction of sp³-hybridized carbons (Fsp3) is 0.261. The average molecular weight is 427 g/mol. The predicted molar refractivity (Wildman–Crippen MR) is 117 cm³/mol. The molecule has 1 aliphatic heterocycles. The van der Waals surface area contributed by atoms with E-state index >= 15 is 0 Å². The van der Waals surface area contributed by atoms with Crippen LogP contribution in [0.4, 0.5) is 5.95 Å². The molecule has 0 bridgehead atoms. The quantitative estimate of drug-likeness (QED) is 0.474. The summed E-state index contributed by atoms with van der Waals surface area (Å²) in [5, 5.41) is 22.4. The number of hydrogen-bond donors (Lipinski definition) is 0. The van der Waals surface area contributed by atoms with Crippen molar-refractivity contribution in [2.24, 2.45) is 7.05 Å². The highest BCUT2D eigenvalue weighted by atomic mass is 16.5. The third kappa shape index (κ3) is 3.46. The molecule has 1 saturated heterocycles. The monoisotopic (exact) mass is 427 g/mol. The maximum atomic E-state index is 9.16. The summed E-state index contributed by atoms with van der Waals surface area (Å²) in [4.78, 5) is 6.37. The van der Waals surface area contributed by atoms with Gasteiger partial charge >= 0.3 is 0 Å². The minimum absolute atomic E-state index is 0.0365. The van der Waals surface area contributed by atoms with Gasteiger partial charge in [-0.2, -0.15) is 5.26 Å². The Kier molecular flexibility index (Phi) is 5.03. The summed E-state index contributed by atoms with van der Waals surface area (Å²) < 4.78 is 12.8. The van der Waals surface area contributed by atoms with Crippen LogP contribution in [0.3, 0.4) is 0 Å². The Hall–Kier alpha value is -4.19. The maximum absolute atomic E-state index is 9.16. The van der Waals surface area contributed by atoms with Gasteiger partial charge in [0, 0.05) is 43.0 Å². The zero-order valence-corrected chi connectivity index (χ0v) is 17.8. The molecule has 4 aromatic rings. The van der Waals surface area contributed by atoms with E-state index in [1.165, 1.54) is 0 Å². The number of aromatic nitrogens is 5. The smallest absolute Gasteiger partial charge is 0.227 e. The van der Waals surface area contributed by atoms with Crippen molar-refractivity contribution in [3.05, 3.63) is 59.9 Å². The molecule has 160 valence electrons. The van der Waals surface area contributed by atoms with E-state index in [4.69, 9.17) is 14.5 Å². The number of ether oxygens (including phenoxy) is 1. The second kappa shape index (κ2) is 8.15. The molecule has 0 radical (unpaired) electrons. The summed E-state index contributed by atoms with van der Waals surface area (Å²) in [6.07, 6.45) is 3.65. The van der Waals surface area contributed by atoms with Crippen molar-refractivity contribution in [1.82, 2.24) is 24.9 Å². The van der Waals surface area contributed by atoms with Crippen molar-refractivity contribution in [2.45, 2.75) is 18.9 Å². The van der Waals surface area contributed by atoms with Crippen LogP contribution in [0, 0.1) is 11.3 Å². The predicted octanol–water partition coefficient (Wildman–Crippen LogP) is 3.75. The second-order valence-electron chi connectivity index (χ2n) is 7.63. The van der Waals surface area contributed by atoms with Gasteiger partial charge in [0.2, 0.25) is 11.8 Å². The number of pyridine rings is 1. The molecule has 0 amide bonds. The SMILES string of the molecule is COc1cc(-c2nnc(N3CCC[C@@H]3c3cc(-c4cccc(C#N)c4)on3)n2C)ccn1. The van der Waals surface area contributed by atoms with Crippen molar-refractivity contribution in [1.29, 1.82) is 5.26 Å². The minimum Gasteiger partial charge on any atom is -0.481 e. The van der Waals surface area contributed by atoms with Crippen molar-refractivity contribution in [2.75, 3.05) is 18.6 Å². The van der Waals surface area contributed by atoms with Gasteiger partial charge in [-0.3, -0.25) is 4.57 Å². The van der Waals surface area contributed by atoms with Gasteiger partial charge in [-0.1, -0.05) is 17.3 Å². The molecule has 9 nitrogen and oxygen atoms in total. The van der Waals surface area contributed by atoms with Gasteiger partial charge in [-0.05, 0) is 31.0 Å². The van der Waals surface area contributed by atoms with E-state index in [0.29, 0.717) is 17.2 Å². The minimum atomic E-state index is 0.0365. The first-order valence-electron chi connectivity index (χ1n) is 10.3. The molecule has 0 aliphatic carbocycles. The Labute approximate surface area is 184 Å². The normalized spacial score (nSPS) is 15.7. The van der Waals surface area contributed by atoms with E-state index in [1.54, 1.807) is 25.4 Å². The van der Waals surface area contributed by atoms with Gasteiger partial charge < -0.3 is 14.2 Å². The number of nitrogens with zero attached hydrogens (tertiary/aromatic N) is 7. The molecule has 32 heavy (non-hydrogen) atoms. The number of methoxy groups -OCH3 is 1. The first-order chi connectivity index (χ1) is 15.7. The van der Waals surface area contributed by atoms with Crippen LogP contribution in [0.1, 0.15) is 30.1 Å². The van der Waals surface area contributed by atoms with Gasteiger partial charge in [0.15, 0.2) is 11.6 Å². The van der Waals surface area contributed by atoms with Crippen LogP contribution < -0.4 is 9.64 Å². The molecule has 1 fully saturated rings. The van der Waals surface area contributed by atoms with E-state index in [-0.39, 0.29) is 6.04 Å². The van der Waals surface area contributed by atoms with Crippen LogP contribution in [0.15, 0.2) is 53.2 Å². The van der Waals surface area contributed by atoms with Crippen molar-refractivity contribution in [3.8, 4) is 34.7 Å². The van der Waals surface area contributed by atoms with Crippen LogP contribution in [0.25, 0.3) is 22.7 Å². The van der Waals surface area contributed by atoms with Gasteiger partial charge in [0.05, 0.1) is 24.8 Å². The van der Waals surface area contributed by atoms with Gasteiger partial charge in [0.1, 0.15) is 5.69 Å². The fourth-order valence-electron chi connectivity index (χ4n) is 4.12. The van der Waals surface area contributed by atoms with E-state index in [9.17, 15) is 0 Å². The molecular formula is C23H21N7O2. The van der Waals surface area contributed by atoms with Gasteiger partial charge in [-0.25, -0.2) is 4.98 Å². The lowest BCUT2D eigenvalue weighted by Gasteiger charge is -2.23. The molecule has 4 heterocycles. The Bertz CT molecular complexity index is 1300. The third-order valence-corrected chi connectivity index (χ3v) is 5.71. The first kappa shape index (κ1) is 19.8. The zero-order chi connectivity index (χ0) is 22.1. The average Bonchev–Trinajstić information content (AvgIpc) is 3.58. The summed E-state index contributed by atoms with van der Waals surface area (Å²) in [6, 6.07) is 15.2. The second-order valence-corrected chi connectivity index (χ2v) is 7.63. The lowest BCUT2D eigenvalue weighted by atomic mass is 10.1. The van der Waals surface area contributed by atoms with Crippen molar-refractivity contribution < 1.29 is 9.26 Å². The molecule has 9 heteroatoms. The summed E-state index contributed by atoms with van der Waals surface area (Å²) in [6.45, 7) is 0.850. The summed E-state index contributed by atoms with van der Waals surface area (Å²) in [7, 11) is 3.54. The summed E-state index contributed by atoms with van der Waals surface area (Å²) in [5.74, 6) is 2.68. The van der Waals surface area contributed by atoms with Crippen molar-refractivity contribution >= 4 is 5.95 Å². The molecule has 0 N–H and O–H groups in total. The molecular weight excluding hydrogens is 406 g/mol. The molecule has 0 unspecified atom stereocenters. The molecule has 1 atom stereocenters. The van der Waals surface area contributed by atoms with Gasteiger partial charge in [0.25, 0.3) is 0 Å². The van der Waals surface area contributed by atoms with Crippen LogP contribution >= 0.6 is 0 Å². The van der Waals surface area contributed by atoms with Crippen molar-refractivity contribution in [3.63, 3.8) is 0 Å². The Morgan fingerprint density at radius 2 is 2.06 bits per heavy atom. The topological polar surface area (TPSA) is 106 Å². The van der Waals surface area contributed by atoms with E-state index in [1.807, 2.05) is 41.9 Å². The number of nitriles is 1. The molecule has 1 aliphatic rings. The zero-order valence-electron chi connectivity index (χ0n) is 17.8. The number of benzene rings is 1. The summed E-state index contributed by atoms with van der Waals surface area (Å²) in [5.41, 5.74) is 3.15. The van der Waals surface area contributed by atoms with Crippen LogP contribution in [-0.2, 0) is 7.05 Å². The third-order valence-electron chi connectivity index (χ3n) is 5.71.